The fraction of sp³-hybridized carbons (Fsp3) is 0.125. The Hall–Kier alpha value is -1.88. The Labute approximate surface area is 119 Å². The zero-order valence-electron chi connectivity index (χ0n) is 11.2. The molecule has 2 aromatic carbocycles. The fourth-order valence-electron chi connectivity index (χ4n) is 2.57. The molecule has 0 radical (unpaired) electrons. The van der Waals surface area contributed by atoms with E-state index in [4.69, 9.17) is 15.1 Å². The molecule has 0 bridgehead atoms. The van der Waals surface area contributed by atoms with Gasteiger partial charge in [-0.05, 0) is 40.7 Å². The van der Waals surface area contributed by atoms with Crippen LogP contribution in [0.15, 0.2) is 55.1 Å². The second kappa shape index (κ2) is 6.52. The molecular weight excluding hydrogens is 251 g/mol. The van der Waals surface area contributed by atoms with Crippen molar-refractivity contribution < 1.29 is 15.1 Å². The molecule has 3 nitrogen and oxygen atoms in total. The quantitative estimate of drug-likeness (QED) is 0.491. The van der Waals surface area contributed by atoms with E-state index in [1.54, 1.807) is 0 Å². The maximum atomic E-state index is 7.17. The van der Waals surface area contributed by atoms with E-state index in [0.717, 1.165) is 12.8 Å². The van der Waals surface area contributed by atoms with E-state index in [1.165, 1.54) is 27.8 Å². The molecule has 3 rings (SSSR count). The van der Waals surface area contributed by atoms with Gasteiger partial charge in [-0.3, -0.25) is 0 Å². The Morgan fingerprint density at radius 1 is 1.00 bits per heavy atom. The molecule has 102 valence electrons. The summed E-state index contributed by atoms with van der Waals surface area (Å²) in [5.74, 6) is 0. The van der Waals surface area contributed by atoms with Crippen LogP contribution >= 0.6 is 0 Å². The summed E-state index contributed by atoms with van der Waals surface area (Å²) in [6.07, 6.45) is 4.03. The Balaban J connectivity index is 0.000000328. The third-order valence-electron chi connectivity index (χ3n) is 3.31. The highest BCUT2D eigenvalue weighted by Gasteiger charge is 2.19. The van der Waals surface area contributed by atoms with E-state index in [9.17, 15) is 0 Å². The minimum absolute atomic E-state index is 0.969. The van der Waals surface area contributed by atoms with Crippen molar-refractivity contribution in [1.29, 1.82) is 0 Å². The maximum absolute atomic E-state index is 7.17. The van der Waals surface area contributed by atoms with E-state index in [1.807, 2.05) is 6.08 Å². The molecule has 2 aromatic rings. The predicted octanol–water partition coefficient (Wildman–Crippen LogP) is 1.93. The third-order valence-corrected chi connectivity index (χ3v) is 3.31. The molecule has 0 amide bonds. The van der Waals surface area contributed by atoms with E-state index < -0.39 is 7.32 Å². The van der Waals surface area contributed by atoms with Gasteiger partial charge in [0.1, 0.15) is 0 Å². The topological polar surface area (TPSA) is 60.7 Å². The van der Waals surface area contributed by atoms with Gasteiger partial charge in [0, 0.05) is 0 Å². The molecule has 4 heteroatoms. The Morgan fingerprint density at radius 2 is 1.65 bits per heavy atom. The second-order valence-corrected chi connectivity index (χ2v) is 4.62. The first-order valence-corrected chi connectivity index (χ1v) is 6.47. The highest BCUT2D eigenvalue weighted by atomic mass is 16.5. The lowest BCUT2D eigenvalue weighted by molar-refractivity contribution is 0.278. The molecule has 0 fully saturated rings. The Morgan fingerprint density at radius 3 is 2.35 bits per heavy atom. The SMILES string of the molecule is C=CCc1cccc2c1Cc1ccccc1-2.OB(O)O. The van der Waals surface area contributed by atoms with Gasteiger partial charge in [0.25, 0.3) is 0 Å². The summed E-state index contributed by atoms with van der Waals surface area (Å²) in [5.41, 5.74) is 7.18. The van der Waals surface area contributed by atoms with Gasteiger partial charge in [0.05, 0.1) is 0 Å². The van der Waals surface area contributed by atoms with Gasteiger partial charge in [-0.1, -0.05) is 48.5 Å². The van der Waals surface area contributed by atoms with Crippen molar-refractivity contribution in [3.05, 3.63) is 71.8 Å². The normalized spacial score (nSPS) is 10.9. The summed E-state index contributed by atoms with van der Waals surface area (Å²) in [7, 11) is -2.17. The molecule has 0 unspecified atom stereocenters. The first kappa shape index (κ1) is 14.5. The van der Waals surface area contributed by atoms with Crippen molar-refractivity contribution in [1.82, 2.24) is 0 Å². The Bertz CT molecular complexity index is 606. The van der Waals surface area contributed by atoms with Crippen molar-refractivity contribution in [3.63, 3.8) is 0 Å². The summed E-state index contributed by atoms with van der Waals surface area (Å²) in [6.45, 7) is 3.83. The lowest BCUT2D eigenvalue weighted by Crippen LogP contribution is -2.07. The van der Waals surface area contributed by atoms with E-state index in [2.05, 4.69) is 49.0 Å². The largest absolute Gasteiger partial charge is 0.631 e. The molecule has 0 saturated heterocycles. The van der Waals surface area contributed by atoms with Crippen molar-refractivity contribution in [2.24, 2.45) is 0 Å². The predicted molar refractivity (Wildman–Crippen MR) is 81.0 cm³/mol. The fourth-order valence-corrected chi connectivity index (χ4v) is 2.57. The highest BCUT2D eigenvalue weighted by molar-refractivity contribution is 6.30. The molecule has 0 atom stereocenters. The molecule has 0 heterocycles. The van der Waals surface area contributed by atoms with Crippen LogP contribution in [-0.4, -0.2) is 22.4 Å². The zero-order chi connectivity index (χ0) is 14.5. The summed E-state index contributed by atoms with van der Waals surface area (Å²) in [5, 5.41) is 21.5. The van der Waals surface area contributed by atoms with Crippen molar-refractivity contribution in [3.8, 4) is 11.1 Å². The number of rotatable bonds is 2. The van der Waals surface area contributed by atoms with Crippen LogP contribution < -0.4 is 0 Å². The molecule has 0 aromatic heterocycles. The lowest BCUT2D eigenvalue weighted by atomic mass is 9.99. The maximum Gasteiger partial charge on any atom is 0.631 e. The minimum atomic E-state index is -2.17. The second-order valence-electron chi connectivity index (χ2n) is 4.62. The van der Waals surface area contributed by atoms with Crippen LogP contribution in [0.25, 0.3) is 11.1 Å². The first-order valence-electron chi connectivity index (χ1n) is 6.47. The number of hydrogen-bond donors (Lipinski definition) is 3. The van der Waals surface area contributed by atoms with Crippen molar-refractivity contribution in [2.75, 3.05) is 0 Å². The average Bonchev–Trinajstić information content (AvgIpc) is 2.78. The van der Waals surface area contributed by atoms with Gasteiger partial charge in [-0.15, -0.1) is 6.58 Å². The summed E-state index contributed by atoms with van der Waals surface area (Å²) in [4.78, 5) is 0. The van der Waals surface area contributed by atoms with Crippen LogP contribution in [0, 0.1) is 0 Å². The van der Waals surface area contributed by atoms with Gasteiger partial charge in [-0.2, -0.15) is 0 Å². The van der Waals surface area contributed by atoms with Gasteiger partial charge in [-0.25, -0.2) is 0 Å². The lowest BCUT2D eigenvalue weighted by Gasteiger charge is -2.05. The van der Waals surface area contributed by atoms with Gasteiger partial charge >= 0.3 is 7.32 Å². The van der Waals surface area contributed by atoms with Crippen molar-refractivity contribution >= 4 is 7.32 Å². The smallest absolute Gasteiger partial charge is 0.402 e. The monoisotopic (exact) mass is 268 g/mol. The average molecular weight is 268 g/mol. The summed E-state index contributed by atoms with van der Waals surface area (Å²) >= 11 is 0. The molecule has 20 heavy (non-hydrogen) atoms. The molecule has 1 aliphatic rings. The molecule has 0 aliphatic heterocycles. The number of hydrogen-bond acceptors (Lipinski definition) is 3. The highest BCUT2D eigenvalue weighted by Crippen LogP contribution is 2.38. The number of benzene rings is 2. The first-order chi connectivity index (χ1) is 9.63. The third kappa shape index (κ3) is 3.17. The molecule has 0 spiro atoms. The van der Waals surface area contributed by atoms with Crippen LogP contribution in [0.3, 0.4) is 0 Å². The van der Waals surface area contributed by atoms with Gasteiger partial charge < -0.3 is 15.1 Å². The molecule has 3 N–H and O–H groups in total. The van der Waals surface area contributed by atoms with Crippen LogP contribution in [0.1, 0.15) is 16.7 Å². The van der Waals surface area contributed by atoms with Gasteiger partial charge in [0.15, 0.2) is 0 Å². The van der Waals surface area contributed by atoms with Crippen LogP contribution in [0.2, 0.25) is 0 Å². The van der Waals surface area contributed by atoms with Gasteiger partial charge in [0.2, 0.25) is 0 Å². The molecule has 1 aliphatic carbocycles. The van der Waals surface area contributed by atoms with Crippen LogP contribution in [0.5, 0.6) is 0 Å². The van der Waals surface area contributed by atoms with Crippen molar-refractivity contribution in [2.45, 2.75) is 12.8 Å². The van der Waals surface area contributed by atoms with Crippen LogP contribution in [0.4, 0.5) is 0 Å². The van der Waals surface area contributed by atoms with Crippen LogP contribution in [-0.2, 0) is 12.8 Å². The molecule has 0 saturated carbocycles. The molecular formula is C16H17BO3. The minimum Gasteiger partial charge on any atom is -0.402 e. The van der Waals surface area contributed by atoms with E-state index >= 15 is 0 Å². The Kier molecular flexibility index (Phi) is 4.74. The zero-order valence-corrected chi connectivity index (χ0v) is 11.2. The standard InChI is InChI=1S/C16H14.BH3O3/c1-2-6-12-8-5-10-15-14-9-4-3-7-13(14)11-16(12)15;2-1(3)4/h2-5,7-10H,1,6,11H2;2-4H. The number of allylic oxidation sites excluding steroid dienone is 1. The van der Waals surface area contributed by atoms with E-state index in [0.29, 0.717) is 0 Å². The number of fused-ring (bicyclic) bond motifs is 3. The van der Waals surface area contributed by atoms with E-state index in [-0.39, 0.29) is 0 Å². The summed E-state index contributed by atoms with van der Waals surface area (Å²) in [6, 6.07) is 15.3. The summed E-state index contributed by atoms with van der Waals surface area (Å²) < 4.78 is 0.